The number of aryl methyl sites for hydroxylation is 1. The monoisotopic (exact) mass is 367 g/mol. The standard InChI is InChI=1S/C21H25N3OS/c1-3-15-8-9-19-16(10-15)11-17(12-22)21(24-19)26-13-20(25)23-18-7-5-4-6-14(18)2/h8-11,14,18H,3-7,13H2,1-2H3,(H,23,25)/t14-,18-/m0/s1. The molecule has 0 unspecified atom stereocenters. The molecular formula is C21H25N3OS. The van der Waals surface area contributed by atoms with Crippen LogP contribution in [0.5, 0.6) is 0 Å². The van der Waals surface area contributed by atoms with Gasteiger partial charge in [-0.25, -0.2) is 4.98 Å². The molecule has 1 saturated carbocycles. The van der Waals surface area contributed by atoms with Gasteiger partial charge in [0.05, 0.1) is 16.8 Å². The van der Waals surface area contributed by atoms with Crippen LogP contribution in [0.25, 0.3) is 10.9 Å². The second-order valence-corrected chi connectivity index (χ2v) is 8.02. The minimum atomic E-state index is 0.0286. The van der Waals surface area contributed by atoms with Gasteiger partial charge in [0.25, 0.3) is 0 Å². The molecule has 2 atom stereocenters. The SMILES string of the molecule is CCc1ccc2nc(SCC(=O)N[C@H]3CCCC[C@@H]3C)c(C#N)cc2c1. The normalized spacial score (nSPS) is 19.9. The number of hydrogen-bond acceptors (Lipinski definition) is 4. The summed E-state index contributed by atoms with van der Waals surface area (Å²) in [7, 11) is 0. The fourth-order valence-electron chi connectivity index (χ4n) is 3.53. The maximum atomic E-state index is 12.3. The van der Waals surface area contributed by atoms with Gasteiger partial charge in [-0.3, -0.25) is 4.79 Å². The van der Waals surface area contributed by atoms with Crippen molar-refractivity contribution in [1.29, 1.82) is 5.26 Å². The van der Waals surface area contributed by atoms with Crippen LogP contribution in [0.4, 0.5) is 0 Å². The molecule has 4 nitrogen and oxygen atoms in total. The van der Waals surface area contributed by atoms with Crippen molar-refractivity contribution in [2.75, 3.05) is 5.75 Å². The van der Waals surface area contributed by atoms with Gasteiger partial charge >= 0.3 is 0 Å². The second kappa shape index (κ2) is 8.55. The minimum absolute atomic E-state index is 0.0286. The van der Waals surface area contributed by atoms with Crippen LogP contribution in [0.15, 0.2) is 29.3 Å². The largest absolute Gasteiger partial charge is 0.352 e. The van der Waals surface area contributed by atoms with Crippen LogP contribution in [0.3, 0.4) is 0 Å². The zero-order valence-corrected chi connectivity index (χ0v) is 16.2. The Morgan fingerprint density at radius 2 is 2.15 bits per heavy atom. The maximum absolute atomic E-state index is 12.3. The minimum Gasteiger partial charge on any atom is -0.352 e. The highest BCUT2D eigenvalue weighted by atomic mass is 32.2. The van der Waals surface area contributed by atoms with Gasteiger partial charge < -0.3 is 5.32 Å². The summed E-state index contributed by atoms with van der Waals surface area (Å²) >= 11 is 1.35. The lowest BCUT2D eigenvalue weighted by Crippen LogP contribution is -2.41. The summed E-state index contributed by atoms with van der Waals surface area (Å²) in [4.78, 5) is 16.9. The van der Waals surface area contributed by atoms with Gasteiger partial charge in [0, 0.05) is 11.4 Å². The number of nitrogens with one attached hydrogen (secondary N) is 1. The Balaban J connectivity index is 1.69. The van der Waals surface area contributed by atoms with E-state index in [-0.39, 0.29) is 11.9 Å². The number of amides is 1. The van der Waals surface area contributed by atoms with Gasteiger partial charge in [0.1, 0.15) is 11.1 Å². The first-order valence-corrected chi connectivity index (χ1v) is 10.3. The van der Waals surface area contributed by atoms with Crippen LogP contribution in [0.1, 0.15) is 50.7 Å². The van der Waals surface area contributed by atoms with E-state index in [1.807, 2.05) is 12.1 Å². The highest BCUT2D eigenvalue weighted by Gasteiger charge is 2.23. The molecule has 1 aromatic carbocycles. The van der Waals surface area contributed by atoms with Gasteiger partial charge in [-0.05, 0) is 48.9 Å². The average molecular weight is 368 g/mol. The lowest BCUT2D eigenvalue weighted by Gasteiger charge is -2.29. The molecule has 1 aliphatic rings. The molecule has 0 bridgehead atoms. The zero-order chi connectivity index (χ0) is 18.5. The predicted molar refractivity (Wildman–Crippen MR) is 106 cm³/mol. The molecule has 26 heavy (non-hydrogen) atoms. The number of carbonyl (C=O) groups is 1. The number of carbonyl (C=O) groups excluding carboxylic acids is 1. The topological polar surface area (TPSA) is 65.8 Å². The van der Waals surface area contributed by atoms with Crippen molar-refractivity contribution < 1.29 is 4.79 Å². The summed E-state index contributed by atoms with van der Waals surface area (Å²) in [6, 6.07) is 10.5. The van der Waals surface area contributed by atoms with Gasteiger partial charge in [0.15, 0.2) is 0 Å². The first kappa shape index (κ1) is 18.7. The first-order valence-electron chi connectivity index (χ1n) is 9.36. The number of aromatic nitrogens is 1. The Labute approximate surface area is 159 Å². The summed E-state index contributed by atoms with van der Waals surface area (Å²) in [5.41, 5.74) is 2.63. The van der Waals surface area contributed by atoms with E-state index < -0.39 is 0 Å². The number of nitrogens with zero attached hydrogens (tertiary/aromatic N) is 2. The molecule has 3 rings (SSSR count). The number of benzene rings is 1. The molecule has 0 spiro atoms. The molecule has 0 aliphatic heterocycles. The fourth-order valence-corrected chi connectivity index (χ4v) is 4.31. The molecule has 1 N–H and O–H groups in total. The van der Waals surface area contributed by atoms with Gasteiger partial charge in [-0.1, -0.05) is 44.5 Å². The molecule has 1 aromatic heterocycles. The molecule has 1 heterocycles. The number of fused-ring (bicyclic) bond motifs is 1. The van der Waals surface area contributed by atoms with Crippen LogP contribution in [-0.2, 0) is 11.2 Å². The smallest absolute Gasteiger partial charge is 0.230 e. The number of pyridine rings is 1. The molecule has 5 heteroatoms. The molecule has 0 saturated heterocycles. The summed E-state index contributed by atoms with van der Waals surface area (Å²) < 4.78 is 0. The summed E-state index contributed by atoms with van der Waals surface area (Å²) in [6.07, 6.45) is 5.65. The Morgan fingerprint density at radius 1 is 1.35 bits per heavy atom. The lowest BCUT2D eigenvalue weighted by molar-refractivity contribution is -0.119. The fraction of sp³-hybridized carbons (Fsp3) is 0.476. The second-order valence-electron chi connectivity index (χ2n) is 7.06. The van der Waals surface area contributed by atoms with Crippen molar-refractivity contribution in [3.8, 4) is 6.07 Å². The first-order chi connectivity index (χ1) is 12.6. The number of thioether (sulfide) groups is 1. The van der Waals surface area contributed by atoms with E-state index >= 15 is 0 Å². The molecule has 1 aliphatic carbocycles. The Morgan fingerprint density at radius 3 is 2.88 bits per heavy atom. The Bertz CT molecular complexity index is 843. The van der Waals surface area contributed by atoms with E-state index in [1.165, 1.54) is 36.6 Å². The summed E-state index contributed by atoms with van der Waals surface area (Å²) in [5, 5.41) is 14.2. The number of rotatable bonds is 5. The highest BCUT2D eigenvalue weighted by molar-refractivity contribution is 8.00. The van der Waals surface area contributed by atoms with Crippen LogP contribution in [-0.4, -0.2) is 22.7 Å². The van der Waals surface area contributed by atoms with E-state index in [1.54, 1.807) is 0 Å². The molecule has 136 valence electrons. The van der Waals surface area contributed by atoms with Crippen LogP contribution < -0.4 is 5.32 Å². The molecular weight excluding hydrogens is 342 g/mol. The zero-order valence-electron chi connectivity index (χ0n) is 15.4. The van der Waals surface area contributed by atoms with Crippen molar-refractivity contribution in [3.05, 3.63) is 35.4 Å². The molecule has 2 aromatic rings. The van der Waals surface area contributed by atoms with Gasteiger partial charge in [-0.2, -0.15) is 5.26 Å². The van der Waals surface area contributed by atoms with E-state index in [0.717, 1.165) is 23.7 Å². The quantitative estimate of drug-likeness (QED) is 0.793. The van der Waals surface area contributed by atoms with Gasteiger partial charge in [-0.15, -0.1) is 0 Å². The number of nitriles is 1. The van der Waals surface area contributed by atoms with Crippen molar-refractivity contribution in [1.82, 2.24) is 10.3 Å². The Kier molecular flexibility index (Phi) is 6.16. The predicted octanol–water partition coefficient (Wildman–Crippen LogP) is 4.46. The number of hydrogen-bond donors (Lipinski definition) is 1. The third-order valence-electron chi connectivity index (χ3n) is 5.17. The van der Waals surface area contributed by atoms with Crippen molar-refractivity contribution in [2.24, 2.45) is 5.92 Å². The van der Waals surface area contributed by atoms with E-state index in [2.05, 4.69) is 42.4 Å². The summed E-state index contributed by atoms with van der Waals surface area (Å²) in [5.74, 6) is 0.864. The van der Waals surface area contributed by atoms with Crippen LogP contribution >= 0.6 is 11.8 Å². The lowest BCUT2D eigenvalue weighted by atomic mass is 9.86. The van der Waals surface area contributed by atoms with Crippen molar-refractivity contribution in [2.45, 2.75) is 57.0 Å². The molecule has 1 fully saturated rings. The highest BCUT2D eigenvalue weighted by Crippen LogP contribution is 2.26. The molecule has 1 amide bonds. The average Bonchev–Trinajstić information content (AvgIpc) is 2.67. The Hall–Kier alpha value is -2.06. The van der Waals surface area contributed by atoms with Crippen LogP contribution in [0.2, 0.25) is 0 Å². The van der Waals surface area contributed by atoms with Crippen molar-refractivity contribution in [3.63, 3.8) is 0 Å². The summed E-state index contributed by atoms with van der Waals surface area (Å²) in [6.45, 7) is 4.32. The van der Waals surface area contributed by atoms with Crippen LogP contribution in [0, 0.1) is 17.2 Å². The third-order valence-corrected chi connectivity index (χ3v) is 6.16. The van der Waals surface area contributed by atoms with E-state index in [4.69, 9.17) is 0 Å². The maximum Gasteiger partial charge on any atom is 0.230 e. The van der Waals surface area contributed by atoms with Crippen molar-refractivity contribution >= 4 is 28.6 Å². The van der Waals surface area contributed by atoms with E-state index in [0.29, 0.717) is 22.3 Å². The third kappa shape index (κ3) is 4.37. The van der Waals surface area contributed by atoms with E-state index in [9.17, 15) is 10.1 Å². The van der Waals surface area contributed by atoms with Gasteiger partial charge in [0.2, 0.25) is 5.91 Å². The molecule has 0 radical (unpaired) electrons.